The molecule has 0 aliphatic carbocycles. The molecule has 0 atom stereocenters. The maximum absolute atomic E-state index is 12.3. The van der Waals surface area contributed by atoms with Crippen molar-refractivity contribution in [3.63, 3.8) is 0 Å². The molecule has 3 rings (SSSR count). The Morgan fingerprint density at radius 1 is 1.06 bits per heavy atom. The summed E-state index contributed by atoms with van der Waals surface area (Å²) < 4.78 is 12.4. The number of esters is 1. The average molecular weight is 421 g/mol. The molecule has 0 saturated heterocycles. The number of ether oxygens (including phenoxy) is 2. The van der Waals surface area contributed by atoms with Gasteiger partial charge in [0.2, 0.25) is 5.91 Å². The fourth-order valence-corrected chi connectivity index (χ4v) is 3.42. The van der Waals surface area contributed by atoms with Crippen molar-refractivity contribution in [3.8, 4) is 5.75 Å². The molecular formula is C24H27N3O4. The zero-order chi connectivity index (χ0) is 22.2. The molecule has 162 valence electrons. The van der Waals surface area contributed by atoms with Gasteiger partial charge >= 0.3 is 5.97 Å². The number of benzene rings is 2. The van der Waals surface area contributed by atoms with Crippen LogP contribution in [0.2, 0.25) is 0 Å². The molecular weight excluding hydrogens is 394 g/mol. The van der Waals surface area contributed by atoms with Gasteiger partial charge in [-0.3, -0.25) is 9.59 Å². The fraction of sp³-hybridized carbons (Fsp3) is 0.292. The zero-order valence-corrected chi connectivity index (χ0v) is 18.1. The van der Waals surface area contributed by atoms with E-state index in [4.69, 9.17) is 9.47 Å². The molecule has 7 heteroatoms. The highest BCUT2D eigenvalue weighted by molar-refractivity contribution is 6.01. The summed E-state index contributed by atoms with van der Waals surface area (Å²) in [7, 11) is 0. The molecule has 0 saturated carbocycles. The molecule has 0 unspecified atom stereocenters. The quantitative estimate of drug-likeness (QED) is 0.325. The lowest BCUT2D eigenvalue weighted by Crippen LogP contribution is -2.19. The van der Waals surface area contributed by atoms with Gasteiger partial charge in [0.15, 0.2) is 0 Å². The van der Waals surface area contributed by atoms with E-state index in [0.29, 0.717) is 13.2 Å². The Labute approximate surface area is 181 Å². The Hall–Kier alpha value is -3.61. The van der Waals surface area contributed by atoms with Crippen LogP contribution in [0.25, 0.3) is 10.9 Å². The standard InChI is InChI=1S/C24H27N3O4/c1-4-30-19-12-10-18(11-13-19)14-23(28)26-25-15-21-17(3)27(16-24(29)31-5-2)22-9-7-6-8-20(21)22/h6-13,15H,4-5,14,16H2,1-3H3,(H,26,28)/b25-15-. The summed E-state index contributed by atoms with van der Waals surface area (Å²) in [6, 6.07) is 15.2. The second-order valence-corrected chi connectivity index (χ2v) is 6.95. The van der Waals surface area contributed by atoms with E-state index in [9.17, 15) is 9.59 Å². The van der Waals surface area contributed by atoms with Crippen molar-refractivity contribution in [3.05, 3.63) is 65.4 Å². The number of hydrazone groups is 1. The normalized spacial score (nSPS) is 11.1. The van der Waals surface area contributed by atoms with Gasteiger partial charge in [0.25, 0.3) is 0 Å². The second-order valence-electron chi connectivity index (χ2n) is 6.95. The number of nitrogens with one attached hydrogen (secondary N) is 1. The number of fused-ring (bicyclic) bond motifs is 1. The van der Waals surface area contributed by atoms with Crippen molar-refractivity contribution < 1.29 is 19.1 Å². The van der Waals surface area contributed by atoms with Crippen molar-refractivity contribution >= 4 is 29.0 Å². The zero-order valence-electron chi connectivity index (χ0n) is 18.1. The lowest BCUT2D eigenvalue weighted by atomic mass is 10.1. The van der Waals surface area contributed by atoms with E-state index in [1.807, 2.05) is 66.9 Å². The number of rotatable bonds is 9. The highest BCUT2D eigenvalue weighted by atomic mass is 16.5. The van der Waals surface area contributed by atoms with Crippen LogP contribution in [0.3, 0.4) is 0 Å². The smallest absolute Gasteiger partial charge is 0.325 e. The van der Waals surface area contributed by atoms with Crippen molar-refractivity contribution in [1.29, 1.82) is 0 Å². The van der Waals surface area contributed by atoms with Crippen LogP contribution in [0, 0.1) is 6.92 Å². The van der Waals surface area contributed by atoms with E-state index >= 15 is 0 Å². The van der Waals surface area contributed by atoms with Crippen molar-refractivity contribution in [2.45, 2.75) is 33.7 Å². The minimum absolute atomic E-state index is 0.123. The number of amides is 1. The lowest BCUT2D eigenvalue weighted by molar-refractivity contribution is -0.143. The predicted octanol–water partition coefficient (Wildman–Crippen LogP) is 3.60. The van der Waals surface area contributed by atoms with Gasteiger partial charge in [-0.1, -0.05) is 30.3 Å². The minimum Gasteiger partial charge on any atom is -0.494 e. The Morgan fingerprint density at radius 2 is 1.81 bits per heavy atom. The van der Waals surface area contributed by atoms with Gasteiger partial charge in [-0.25, -0.2) is 5.43 Å². The number of carbonyl (C=O) groups is 2. The van der Waals surface area contributed by atoms with Crippen LogP contribution in [-0.4, -0.2) is 35.9 Å². The number of nitrogens with zero attached hydrogens (tertiary/aromatic N) is 2. The van der Waals surface area contributed by atoms with Crippen LogP contribution in [0.1, 0.15) is 30.7 Å². The first-order chi connectivity index (χ1) is 15.0. The van der Waals surface area contributed by atoms with Gasteiger partial charge < -0.3 is 14.0 Å². The SMILES string of the molecule is CCOC(=O)Cn1c(C)c(/C=N\NC(=O)Cc2ccc(OCC)cc2)c2ccccc21. The third kappa shape index (κ3) is 5.51. The summed E-state index contributed by atoms with van der Waals surface area (Å²) in [5, 5.41) is 5.10. The van der Waals surface area contributed by atoms with Crippen LogP contribution in [0.5, 0.6) is 5.75 Å². The van der Waals surface area contributed by atoms with Crippen LogP contribution in [-0.2, 0) is 27.3 Å². The summed E-state index contributed by atoms with van der Waals surface area (Å²) >= 11 is 0. The third-order valence-corrected chi connectivity index (χ3v) is 4.85. The van der Waals surface area contributed by atoms with Gasteiger partial charge in [-0.15, -0.1) is 0 Å². The minimum atomic E-state index is -0.293. The molecule has 1 aromatic heterocycles. The van der Waals surface area contributed by atoms with E-state index in [0.717, 1.165) is 33.5 Å². The Balaban J connectivity index is 1.71. The maximum atomic E-state index is 12.3. The van der Waals surface area contributed by atoms with Crippen LogP contribution >= 0.6 is 0 Å². The number of para-hydroxylation sites is 1. The van der Waals surface area contributed by atoms with Crippen LogP contribution in [0.15, 0.2) is 53.6 Å². The number of carbonyl (C=O) groups excluding carboxylic acids is 2. The molecule has 1 N–H and O–H groups in total. The molecule has 1 heterocycles. The topological polar surface area (TPSA) is 81.9 Å². The summed E-state index contributed by atoms with van der Waals surface area (Å²) in [6.07, 6.45) is 1.84. The molecule has 0 aliphatic heterocycles. The number of hydrogen-bond acceptors (Lipinski definition) is 5. The third-order valence-electron chi connectivity index (χ3n) is 4.85. The molecule has 3 aromatic rings. The largest absolute Gasteiger partial charge is 0.494 e. The summed E-state index contributed by atoms with van der Waals surface area (Å²) in [5.41, 5.74) is 6.09. The molecule has 2 aromatic carbocycles. The van der Waals surface area contributed by atoms with E-state index in [2.05, 4.69) is 10.5 Å². The Bertz CT molecular complexity index is 1080. The summed E-state index contributed by atoms with van der Waals surface area (Å²) in [5.74, 6) is 0.270. The van der Waals surface area contributed by atoms with Gasteiger partial charge in [0.05, 0.1) is 25.8 Å². The second kappa shape index (κ2) is 10.4. The van der Waals surface area contributed by atoms with Gasteiger partial charge in [0, 0.05) is 22.2 Å². The van der Waals surface area contributed by atoms with E-state index in [-0.39, 0.29) is 24.8 Å². The van der Waals surface area contributed by atoms with Gasteiger partial charge in [0.1, 0.15) is 12.3 Å². The molecule has 0 fully saturated rings. The predicted molar refractivity (Wildman–Crippen MR) is 120 cm³/mol. The van der Waals surface area contributed by atoms with Crippen molar-refractivity contribution in [1.82, 2.24) is 9.99 Å². The van der Waals surface area contributed by atoms with E-state index < -0.39 is 0 Å². The molecule has 31 heavy (non-hydrogen) atoms. The van der Waals surface area contributed by atoms with E-state index in [1.165, 1.54) is 0 Å². The summed E-state index contributed by atoms with van der Waals surface area (Å²) in [6.45, 7) is 6.69. The van der Waals surface area contributed by atoms with Crippen LogP contribution in [0.4, 0.5) is 0 Å². The first-order valence-electron chi connectivity index (χ1n) is 10.3. The van der Waals surface area contributed by atoms with Crippen LogP contribution < -0.4 is 10.2 Å². The van der Waals surface area contributed by atoms with Crippen molar-refractivity contribution in [2.75, 3.05) is 13.2 Å². The summed E-state index contributed by atoms with van der Waals surface area (Å²) in [4.78, 5) is 24.3. The first-order valence-corrected chi connectivity index (χ1v) is 10.3. The van der Waals surface area contributed by atoms with Crippen molar-refractivity contribution in [2.24, 2.45) is 5.10 Å². The molecule has 1 amide bonds. The highest BCUT2D eigenvalue weighted by Gasteiger charge is 2.15. The molecule has 0 aliphatic rings. The molecule has 0 radical (unpaired) electrons. The molecule has 0 bridgehead atoms. The highest BCUT2D eigenvalue weighted by Crippen LogP contribution is 2.24. The Kier molecular flexibility index (Phi) is 7.43. The first kappa shape index (κ1) is 22.1. The van der Waals surface area contributed by atoms with E-state index in [1.54, 1.807) is 13.1 Å². The monoisotopic (exact) mass is 421 g/mol. The van der Waals surface area contributed by atoms with Gasteiger partial charge in [-0.2, -0.15) is 5.10 Å². The lowest BCUT2D eigenvalue weighted by Gasteiger charge is -2.07. The maximum Gasteiger partial charge on any atom is 0.325 e. The average Bonchev–Trinajstić information content (AvgIpc) is 3.01. The molecule has 0 spiro atoms. The number of aromatic nitrogens is 1. The number of hydrogen-bond donors (Lipinski definition) is 1. The molecule has 7 nitrogen and oxygen atoms in total. The van der Waals surface area contributed by atoms with Gasteiger partial charge in [-0.05, 0) is 44.5 Å². The Morgan fingerprint density at radius 3 is 2.52 bits per heavy atom. The fourth-order valence-electron chi connectivity index (χ4n) is 3.42.